The smallest absolute Gasteiger partial charge is 0.263 e. The van der Waals surface area contributed by atoms with Crippen molar-refractivity contribution in [2.45, 2.75) is 25.3 Å². The minimum Gasteiger partial charge on any atom is -0.381 e. The first-order valence-corrected chi connectivity index (χ1v) is 8.37. The van der Waals surface area contributed by atoms with E-state index in [9.17, 15) is 4.79 Å². The zero-order valence-corrected chi connectivity index (χ0v) is 13.8. The molecule has 0 unspecified atom stereocenters. The van der Waals surface area contributed by atoms with E-state index in [0.29, 0.717) is 23.1 Å². The lowest BCUT2D eigenvalue weighted by Crippen LogP contribution is -2.49. The van der Waals surface area contributed by atoms with Crippen molar-refractivity contribution in [1.29, 1.82) is 0 Å². The van der Waals surface area contributed by atoms with E-state index < -0.39 is 5.54 Å². The van der Waals surface area contributed by atoms with Crippen LogP contribution in [0.2, 0.25) is 5.02 Å². The van der Waals surface area contributed by atoms with Gasteiger partial charge in [-0.05, 0) is 37.5 Å². The largest absolute Gasteiger partial charge is 0.381 e. The van der Waals surface area contributed by atoms with Crippen molar-refractivity contribution < 1.29 is 9.53 Å². The van der Waals surface area contributed by atoms with Crippen LogP contribution in [-0.4, -0.2) is 24.1 Å². The third-order valence-electron chi connectivity index (χ3n) is 3.94. The van der Waals surface area contributed by atoms with E-state index in [1.165, 1.54) is 11.3 Å². The summed E-state index contributed by atoms with van der Waals surface area (Å²) in [5.74, 6) is -0.0811. The number of rotatable bonds is 3. The molecule has 0 radical (unpaired) electrons. The number of halogens is 1. The minimum atomic E-state index is -0.405. The van der Waals surface area contributed by atoms with Gasteiger partial charge in [-0.15, -0.1) is 11.3 Å². The highest BCUT2D eigenvalue weighted by atomic mass is 35.5. The molecule has 0 atom stereocenters. The molecule has 1 N–H and O–H groups in total. The van der Waals surface area contributed by atoms with Gasteiger partial charge >= 0.3 is 0 Å². The van der Waals surface area contributed by atoms with Crippen molar-refractivity contribution in [1.82, 2.24) is 10.3 Å². The number of hydrogen-bond acceptors (Lipinski definition) is 4. The lowest BCUT2D eigenvalue weighted by Gasteiger charge is -2.38. The Kier molecular flexibility index (Phi) is 4.47. The summed E-state index contributed by atoms with van der Waals surface area (Å²) >= 11 is 7.39. The molecule has 0 bridgehead atoms. The number of thiazole rings is 1. The fourth-order valence-corrected chi connectivity index (χ4v) is 3.52. The van der Waals surface area contributed by atoms with Crippen molar-refractivity contribution in [2.75, 3.05) is 13.2 Å². The van der Waals surface area contributed by atoms with Crippen LogP contribution >= 0.6 is 22.9 Å². The van der Waals surface area contributed by atoms with Gasteiger partial charge in [0.25, 0.3) is 5.91 Å². The van der Waals surface area contributed by atoms with Crippen LogP contribution in [0.1, 0.15) is 33.1 Å². The molecule has 1 fully saturated rings. The number of nitrogens with zero attached hydrogens (tertiary/aromatic N) is 1. The van der Waals surface area contributed by atoms with Gasteiger partial charge in [0, 0.05) is 18.2 Å². The molecule has 1 aromatic heterocycles. The molecule has 1 aliphatic rings. The Morgan fingerprint density at radius 1 is 1.32 bits per heavy atom. The zero-order chi connectivity index (χ0) is 15.6. The van der Waals surface area contributed by atoms with Gasteiger partial charge in [0.05, 0.1) is 16.7 Å². The molecule has 1 amide bonds. The second-order valence-corrected chi connectivity index (χ2v) is 7.07. The first-order chi connectivity index (χ1) is 10.6. The van der Waals surface area contributed by atoms with E-state index in [4.69, 9.17) is 16.3 Å². The number of carbonyl (C=O) groups is 1. The average molecular weight is 337 g/mol. The summed E-state index contributed by atoms with van der Waals surface area (Å²) in [6, 6.07) is 7.67. The molecular weight excluding hydrogens is 320 g/mol. The van der Waals surface area contributed by atoms with Crippen molar-refractivity contribution >= 4 is 28.8 Å². The topological polar surface area (TPSA) is 51.2 Å². The molecule has 22 heavy (non-hydrogen) atoms. The van der Waals surface area contributed by atoms with Gasteiger partial charge in [0.1, 0.15) is 4.88 Å². The van der Waals surface area contributed by atoms with E-state index in [-0.39, 0.29) is 5.91 Å². The highest BCUT2D eigenvalue weighted by Gasteiger charge is 2.36. The van der Waals surface area contributed by atoms with Crippen LogP contribution in [0.15, 0.2) is 30.5 Å². The number of amides is 1. The van der Waals surface area contributed by atoms with Gasteiger partial charge in [-0.3, -0.25) is 4.79 Å². The first-order valence-electron chi connectivity index (χ1n) is 7.18. The molecule has 0 aliphatic carbocycles. The van der Waals surface area contributed by atoms with E-state index in [0.717, 1.165) is 23.4 Å². The van der Waals surface area contributed by atoms with Crippen molar-refractivity contribution in [3.8, 4) is 0 Å². The van der Waals surface area contributed by atoms with Crippen LogP contribution in [0.5, 0.6) is 0 Å². The summed E-state index contributed by atoms with van der Waals surface area (Å²) in [6.07, 6.45) is 3.13. The molecule has 2 heterocycles. The molecule has 3 rings (SSSR count). The Morgan fingerprint density at radius 3 is 2.59 bits per heavy atom. The number of carbonyl (C=O) groups excluding carboxylic acids is 1. The Balaban J connectivity index is 1.89. The predicted octanol–water partition coefficient (Wildman–Crippen LogP) is 3.54. The molecule has 6 heteroatoms. The molecule has 4 nitrogen and oxygen atoms in total. The Bertz CT molecular complexity index is 663. The lowest BCUT2D eigenvalue weighted by molar-refractivity contribution is 0.0346. The minimum absolute atomic E-state index is 0.0811. The van der Waals surface area contributed by atoms with Crippen LogP contribution in [0.25, 0.3) is 0 Å². The highest BCUT2D eigenvalue weighted by molar-refractivity contribution is 7.13. The van der Waals surface area contributed by atoms with Gasteiger partial charge in [-0.25, -0.2) is 4.98 Å². The monoisotopic (exact) mass is 336 g/mol. The van der Waals surface area contributed by atoms with Crippen molar-refractivity contribution in [3.63, 3.8) is 0 Å². The average Bonchev–Trinajstić information content (AvgIpc) is 2.95. The second-order valence-electron chi connectivity index (χ2n) is 5.40. The van der Waals surface area contributed by atoms with Gasteiger partial charge in [-0.2, -0.15) is 0 Å². The Morgan fingerprint density at radius 2 is 2.00 bits per heavy atom. The standard InChI is InChI=1S/C16H17ClN2O2S/c1-11-18-10-14(22-11)15(20)19-16(6-8-21-9-7-16)12-2-4-13(17)5-3-12/h2-5,10H,6-9H2,1H3,(H,19,20). The molecule has 1 aliphatic heterocycles. The Hall–Kier alpha value is -1.43. The maximum Gasteiger partial charge on any atom is 0.263 e. The number of nitrogens with one attached hydrogen (secondary N) is 1. The summed E-state index contributed by atoms with van der Waals surface area (Å²) in [4.78, 5) is 17.4. The SMILES string of the molecule is Cc1ncc(C(=O)NC2(c3ccc(Cl)cc3)CCOCC2)s1. The van der Waals surface area contributed by atoms with Crippen LogP contribution < -0.4 is 5.32 Å². The van der Waals surface area contributed by atoms with Gasteiger partial charge in [-0.1, -0.05) is 23.7 Å². The summed E-state index contributed by atoms with van der Waals surface area (Å²) < 4.78 is 5.47. The summed E-state index contributed by atoms with van der Waals surface area (Å²) in [5, 5.41) is 4.78. The van der Waals surface area contributed by atoms with Crippen LogP contribution in [0, 0.1) is 6.92 Å². The lowest BCUT2D eigenvalue weighted by atomic mass is 9.82. The molecule has 2 aromatic rings. The fourth-order valence-electron chi connectivity index (χ4n) is 2.72. The normalized spacial score (nSPS) is 17.2. The fraction of sp³-hybridized carbons (Fsp3) is 0.375. The van der Waals surface area contributed by atoms with E-state index in [1.807, 2.05) is 31.2 Å². The van der Waals surface area contributed by atoms with Gasteiger partial charge in [0.15, 0.2) is 0 Å². The highest BCUT2D eigenvalue weighted by Crippen LogP contribution is 2.33. The second kappa shape index (κ2) is 6.36. The molecule has 0 spiro atoms. The van der Waals surface area contributed by atoms with Crippen LogP contribution in [-0.2, 0) is 10.3 Å². The van der Waals surface area contributed by atoms with Crippen LogP contribution in [0.3, 0.4) is 0 Å². The number of aryl methyl sites for hydroxylation is 1. The maximum absolute atomic E-state index is 12.6. The van der Waals surface area contributed by atoms with E-state index >= 15 is 0 Å². The molecule has 1 aromatic carbocycles. The number of benzene rings is 1. The summed E-state index contributed by atoms with van der Waals surface area (Å²) in [5.41, 5.74) is 0.660. The zero-order valence-electron chi connectivity index (χ0n) is 12.3. The maximum atomic E-state index is 12.6. The summed E-state index contributed by atoms with van der Waals surface area (Å²) in [7, 11) is 0. The number of hydrogen-bond donors (Lipinski definition) is 1. The quantitative estimate of drug-likeness (QED) is 0.932. The number of ether oxygens (including phenoxy) is 1. The molecular formula is C16H17ClN2O2S. The molecule has 1 saturated heterocycles. The van der Waals surface area contributed by atoms with E-state index in [2.05, 4.69) is 10.3 Å². The van der Waals surface area contributed by atoms with E-state index in [1.54, 1.807) is 6.20 Å². The molecule has 0 saturated carbocycles. The van der Waals surface area contributed by atoms with Crippen molar-refractivity contribution in [2.24, 2.45) is 0 Å². The third kappa shape index (κ3) is 3.16. The van der Waals surface area contributed by atoms with Crippen molar-refractivity contribution in [3.05, 3.63) is 50.9 Å². The van der Waals surface area contributed by atoms with Gasteiger partial charge in [0.2, 0.25) is 0 Å². The van der Waals surface area contributed by atoms with Crippen LogP contribution in [0.4, 0.5) is 0 Å². The van der Waals surface area contributed by atoms with Gasteiger partial charge < -0.3 is 10.1 Å². The molecule has 116 valence electrons. The predicted molar refractivity (Wildman–Crippen MR) is 87.5 cm³/mol. The Labute approximate surface area is 138 Å². The number of aromatic nitrogens is 1. The summed E-state index contributed by atoms with van der Waals surface area (Å²) in [6.45, 7) is 3.15. The third-order valence-corrected chi connectivity index (χ3v) is 5.10. The first kappa shape index (κ1) is 15.5.